The van der Waals surface area contributed by atoms with Crippen LogP contribution in [-0.4, -0.2) is 22.4 Å². The molecule has 0 aromatic heterocycles. The number of carboxylic acids is 1. The molecule has 0 fully saturated rings. The van der Waals surface area contributed by atoms with Crippen molar-refractivity contribution < 1.29 is 15.0 Å². The van der Waals surface area contributed by atoms with Gasteiger partial charge in [-0.3, -0.25) is 0 Å². The Morgan fingerprint density at radius 2 is 2.12 bits per heavy atom. The van der Waals surface area contributed by atoms with E-state index in [1.807, 2.05) is 6.07 Å². The molecule has 0 spiro atoms. The first-order chi connectivity index (χ1) is 7.65. The molecule has 5 heteroatoms. The Kier molecular flexibility index (Phi) is 2.35. The van der Waals surface area contributed by atoms with Crippen LogP contribution in [0.3, 0.4) is 0 Å². The summed E-state index contributed by atoms with van der Waals surface area (Å²) < 4.78 is 0. The molecular weight excluding hydrogens is 208 g/mol. The van der Waals surface area contributed by atoms with Crippen LogP contribution in [0.1, 0.15) is 10.4 Å². The molecule has 5 nitrogen and oxygen atoms in total. The fourth-order valence-electron chi connectivity index (χ4n) is 1.58. The van der Waals surface area contributed by atoms with E-state index in [1.165, 1.54) is 17.0 Å². The number of carboxylic acid groups (broad SMARTS) is 1. The molecule has 0 saturated carbocycles. The van der Waals surface area contributed by atoms with Crippen molar-refractivity contribution in [1.82, 2.24) is 0 Å². The van der Waals surface area contributed by atoms with Crippen molar-refractivity contribution >= 4 is 11.7 Å². The van der Waals surface area contributed by atoms with E-state index in [2.05, 4.69) is 0 Å². The van der Waals surface area contributed by atoms with E-state index < -0.39 is 12.2 Å². The summed E-state index contributed by atoms with van der Waals surface area (Å²) in [6, 6.07) is 8.11. The van der Waals surface area contributed by atoms with Crippen LogP contribution in [0.4, 0.5) is 5.69 Å². The van der Waals surface area contributed by atoms with Gasteiger partial charge in [0.05, 0.1) is 11.3 Å². The summed E-state index contributed by atoms with van der Waals surface area (Å²) in [4.78, 5) is 12.2. The molecule has 1 atom stereocenters. The number of hydrogen-bond acceptors (Lipinski definition) is 4. The molecule has 0 aliphatic carbocycles. The number of nitrogens with zero attached hydrogens (tertiary/aromatic N) is 2. The summed E-state index contributed by atoms with van der Waals surface area (Å²) in [5.41, 5.74) is 0.630. The molecule has 1 aliphatic heterocycles. The maximum Gasteiger partial charge on any atom is 0.337 e. The molecule has 1 aromatic carbocycles. The van der Waals surface area contributed by atoms with E-state index in [0.717, 1.165) is 0 Å². The monoisotopic (exact) mass is 216 g/mol. The fraction of sp³-hybridized carbons (Fsp3) is 0.0909. The minimum absolute atomic E-state index is 0.0578. The van der Waals surface area contributed by atoms with Crippen LogP contribution in [0.25, 0.3) is 0 Å². The molecular formula is C11H8N2O3. The lowest BCUT2D eigenvalue weighted by molar-refractivity contribution is 0.0697. The first-order valence-corrected chi connectivity index (χ1v) is 4.56. The topological polar surface area (TPSA) is 84.6 Å². The van der Waals surface area contributed by atoms with E-state index in [-0.39, 0.29) is 11.3 Å². The van der Waals surface area contributed by atoms with Gasteiger partial charge in [-0.2, -0.15) is 5.26 Å². The van der Waals surface area contributed by atoms with E-state index in [9.17, 15) is 9.90 Å². The van der Waals surface area contributed by atoms with Gasteiger partial charge in [0.1, 0.15) is 11.8 Å². The third-order valence-corrected chi connectivity index (χ3v) is 2.34. The van der Waals surface area contributed by atoms with Crippen LogP contribution in [0.2, 0.25) is 0 Å². The third-order valence-electron chi connectivity index (χ3n) is 2.34. The Bertz CT molecular complexity index is 516. The molecule has 0 saturated heterocycles. The predicted molar refractivity (Wildman–Crippen MR) is 55.6 cm³/mol. The zero-order chi connectivity index (χ0) is 11.7. The molecule has 1 unspecified atom stereocenters. The van der Waals surface area contributed by atoms with Crippen molar-refractivity contribution in [2.75, 3.05) is 4.90 Å². The highest BCUT2D eigenvalue weighted by Gasteiger charge is 2.30. The average molecular weight is 216 g/mol. The number of benzene rings is 1. The van der Waals surface area contributed by atoms with Crippen molar-refractivity contribution in [3.05, 3.63) is 41.6 Å². The van der Waals surface area contributed by atoms with Crippen molar-refractivity contribution in [1.29, 1.82) is 5.26 Å². The molecule has 0 radical (unpaired) electrons. The zero-order valence-corrected chi connectivity index (χ0v) is 8.16. The quantitative estimate of drug-likeness (QED) is 0.768. The van der Waals surface area contributed by atoms with E-state index in [4.69, 9.17) is 10.4 Å². The second-order valence-corrected chi connectivity index (χ2v) is 3.27. The molecule has 16 heavy (non-hydrogen) atoms. The Labute approximate surface area is 91.5 Å². The number of carbonyl (C=O) groups is 1. The number of allylic oxidation sites excluding steroid dienone is 1. The first-order valence-electron chi connectivity index (χ1n) is 4.56. The number of aliphatic hydroxyl groups is 1. The largest absolute Gasteiger partial charge is 0.478 e. The Hall–Kier alpha value is -2.32. The Morgan fingerprint density at radius 3 is 2.69 bits per heavy atom. The minimum Gasteiger partial charge on any atom is -0.478 e. The SMILES string of the molecule is N#CC1=CC(O)N1c1ccccc1C(=O)O. The number of aromatic carboxylic acids is 1. The van der Waals surface area contributed by atoms with Gasteiger partial charge in [-0.05, 0) is 18.2 Å². The summed E-state index contributed by atoms with van der Waals surface area (Å²) in [5.74, 6) is -1.09. The van der Waals surface area contributed by atoms with Gasteiger partial charge in [-0.1, -0.05) is 12.1 Å². The van der Waals surface area contributed by atoms with Gasteiger partial charge in [-0.25, -0.2) is 4.79 Å². The molecule has 1 aliphatic rings. The standard InChI is InChI=1S/C11H8N2O3/c12-6-7-5-10(14)13(7)9-4-2-1-3-8(9)11(15)16/h1-5,10,14H,(H,15,16). The van der Waals surface area contributed by atoms with Gasteiger partial charge >= 0.3 is 5.97 Å². The summed E-state index contributed by atoms with van der Waals surface area (Å²) in [6.45, 7) is 0. The zero-order valence-electron chi connectivity index (χ0n) is 8.16. The van der Waals surface area contributed by atoms with Crippen molar-refractivity contribution in [3.63, 3.8) is 0 Å². The minimum atomic E-state index is -1.09. The van der Waals surface area contributed by atoms with Crippen molar-refractivity contribution in [2.45, 2.75) is 6.23 Å². The molecule has 2 rings (SSSR count). The number of rotatable bonds is 2. The molecule has 80 valence electrons. The lowest BCUT2D eigenvalue weighted by Crippen LogP contribution is -2.42. The third kappa shape index (κ3) is 1.42. The number of para-hydroxylation sites is 1. The number of anilines is 1. The number of nitriles is 1. The van der Waals surface area contributed by atoms with Gasteiger partial charge in [0.2, 0.25) is 0 Å². The Balaban J connectivity index is 2.47. The summed E-state index contributed by atoms with van der Waals surface area (Å²) >= 11 is 0. The fourth-order valence-corrected chi connectivity index (χ4v) is 1.58. The highest BCUT2D eigenvalue weighted by molar-refractivity contribution is 5.95. The van der Waals surface area contributed by atoms with E-state index in [0.29, 0.717) is 5.69 Å². The maximum atomic E-state index is 11.0. The van der Waals surface area contributed by atoms with E-state index >= 15 is 0 Å². The predicted octanol–water partition coefficient (Wildman–Crippen LogP) is 0.931. The molecule has 2 N–H and O–H groups in total. The summed E-state index contributed by atoms with van der Waals surface area (Å²) in [7, 11) is 0. The van der Waals surface area contributed by atoms with Gasteiger partial charge in [0, 0.05) is 0 Å². The lowest BCUT2D eigenvalue weighted by atomic mass is 10.1. The summed E-state index contributed by atoms with van der Waals surface area (Å²) in [6.07, 6.45) is 0.425. The normalized spacial score (nSPS) is 18.4. The van der Waals surface area contributed by atoms with Gasteiger partial charge in [-0.15, -0.1) is 0 Å². The smallest absolute Gasteiger partial charge is 0.337 e. The number of aliphatic hydroxyl groups excluding tert-OH is 1. The maximum absolute atomic E-state index is 11.0. The van der Waals surface area contributed by atoms with Gasteiger partial charge in [0.15, 0.2) is 6.23 Å². The van der Waals surface area contributed by atoms with Crippen LogP contribution < -0.4 is 4.90 Å². The molecule has 1 aromatic rings. The second kappa shape index (κ2) is 3.68. The highest BCUT2D eigenvalue weighted by atomic mass is 16.4. The van der Waals surface area contributed by atoms with E-state index in [1.54, 1.807) is 18.2 Å². The Morgan fingerprint density at radius 1 is 1.44 bits per heavy atom. The van der Waals surface area contributed by atoms with Crippen molar-refractivity contribution in [3.8, 4) is 6.07 Å². The van der Waals surface area contributed by atoms with Gasteiger partial charge < -0.3 is 15.1 Å². The highest BCUT2D eigenvalue weighted by Crippen LogP contribution is 2.31. The summed E-state index contributed by atoms with van der Waals surface area (Å²) in [5, 5.41) is 27.2. The first kappa shape index (κ1) is 10.2. The van der Waals surface area contributed by atoms with Gasteiger partial charge in [0.25, 0.3) is 0 Å². The van der Waals surface area contributed by atoms with Crippen LogP contribution in [0.5, 0.6) is 0 Å². The van der Waals surface area contributed by atoms with Crippen LogP contribution in [0, 0.1) is 11.3 Å². The average Bonchev–Trinajstić information content (AvgIpc) is 2.26. The lowest BCUT2D eigenvalue weighted by Gasteiger charge is -2.35. The van der Waals surface area contributed by atoms with Crippen molar-refractivity contribution in [2.24, 2.45) is 0 Å². The van der Waals surface area contributed by atoms with Crippen LogP contribution in [0.15, 0.2) is 36.0 Å². The van der Waals surface area contributed by atoms with Crippen LogP contribution >= 0.6 is 0 Å². The molecule has 0 amide bonds. The number of hydrogen-bond donors (Lipinski definition) is 2. The molecule has 1 heterocycles. The second-order valence-electron chi connectivity index (χ2n) is 3.27. The molecule has 0 bridgehead atoms. The van der Waals surface area contributed by atoms with Crippen LogP contribution in [-0.2, 0) is 0 Å².